The van der Waals surface area contributed by atoms with Crippen molar-refractivity contribution in [3.05, 3.63) is 71.7 Å². The summed E-state index contributed by atoms with van der Waals surface area (Å²) >= 11 is 6.98. The van der Waals surface area contributed by atoms with Crippen LogP contribution in [-0.4, -0.2) is 22.0 Å². The SMILES string of the molecule is CC[C@H](C)Oc1c(Br)cc(C=Nn2c(=O)[nH]c3ccccc3c2=O)cc1Br. The highest BCUT2D eigenvalue weighted by molar-refractivity contribution is 9.11. The van der Waals surface area contributed by atoms with E-state index < -0.39 is 11.2 Å². The van der Waals surface area contributed by atoms with E-state index in [0.29, 0.717) is 22.2 Å². The number of nitrogens with zero attached hydrogens (tertiary/aromatic N) is 2. The summed E-state index contributed by atoms with van der Waals surface area (Å²) in [6, 6.07) is 10.4. The molecule has 0 unspecified atom stereocenters. The minimum atomic E-state index is -0.593. The van der Waals surface area contributed by atoms with Crippen LogP contribution in [0.5, 0.6) is 5.75 Å². The first-order chi connectivity index (χ1) is 12.9. The largest absolute Gasteiger partial charge is 0.488 e. The Labute approximate surface area is 172 Å². The summed E-state index contributed by atoms with van der Waals surface area (Å²) in [5, 5.41) is 4.46. The van der Waals surface area contributed by atoms with Crippen LogP contribution < -0.4 is 16.0 Å². The molecule has 0 saturated carbocycles. The first kappa shape index (κ1) is 19.6. The van der Waals surface area contributed by atoms with Gasteiger partial charge >= 0.3 is 5.69 Å². The Morgan fingerprint density at radius 2 is 1.89 bits per heavy atom. The van der Waals surface area contributed by atoms with Gasteiger partial charge in [-0.3, -0.25) is 4.79 Å². The van der Waals surface area contributed by atoms with Crippen molar-refractivity contribution in [2.75, 3.05) is 0 Å². The number of hydrogen-bond acceptors (Lipinski definition) is 4. The smallest absolute Gasteiger partial charge is 0.349 e. The molecule has 0 radical (unpaired) electrons. The van der Waals surface area contributed by atoms with Crippen LogP contribution in [0.15, 0.2) is 60.0 Å². The third-order valence-corrected chi connectivity index (χ3v) is 5.20. The van der Waals surface area contributed by atoms with Crippen LogP contribution in [-0.2, 0) is 0 Å². The van der Waals surface area contributed by atoms with Crippen molar-refractivity contribution in [3.63, 3.8) is 0 Å². The maximum absolute atomic E-state index is 12.5. The van der Waals surface area contributed by atoms with E-state index >= 15 is 0 Å². The van der Waals surface area contributed by atoms with Gasteiger partial charge in [0.1, 0.15) is 5.75 Å². The van der Waals surface area contributed by atoms with Gasteiger partial charge in [0.25, 0.3) is 5.56 Å². The molecule has 0 amide bonds. The van der Waals surface area contributed by atoms with Crippen LogP contribution in [0.3, 0.4) is 0 Å². The van der Waals surface area contributed by atoms with Crippen molar-refractivity contribution >= 4 is 49.0 Å². The molecule has 0 spiro atoms. The number of aromatic amines is 1. The van der Waals surface area contributed by atoms with Crippen molar-refractivity contribution in [1.29, 1.82) is 0 Å². The highest BCUT2D eigenvalue weighted by Gasteiger charge is 2.12. The molecule has 27 heavy (non-hydrogen) atoms. The molecule has 1 heterocycles. The number of benzene rings is 2. The van der Waals surface area contributed by atoms with E-state index in [1.807, 2.05) is 26.0 Å². The summed E-state index contributed by atoms with van der Waals surface area (Å²) in [5.74, 6) is 0.696. The van der Waals surface area contributed by atoms with Gasteiger partial charge in [-0.15, -0.1) is 4.68 Å². The Bertz CT molecular complexity index is 1110. The highest BCUT2D eigenvalue weighted by Crippen LogP contribution is 2.35. The summed E-state index contributed by atoms with van der Waals surface area (Å²) < 4.78 is 8.19. The topological polar surface area (TPSA) is 76.5 Å². The second-order valence-electron chi connectivity index (χ2n) is 5.99. The van der Waals surface area contributed by atoms with E-state index in [-0.39, 0.29) is 6.10 Å². The van der Waals surface area contributed by atoms with E-state index in [9.17, 15) is 9.59 Å². The van der Waals surface area contributed by atoms with Crippen LogP contribution in [0.4, 0.5) is 0 Å². The fourth-order valence-corrected chi connectivity index (χ4v) is 3.84. The van der Waals surface area contributed by atoms with E-state index in [1.54, 1.807) is 24.3 Å². The van der Waals surface area contributed by atoms with Crippen LogP contribution in [0.1, 0.15) is 25.8 Å². The average molecular weight is 495 g/mol. The molecule has 3 rings (SSSR count). The lowest BCUT2D eigenvalue weighted by Gasteiger charge is -2.16. The zero-order valence-corrected chi connectivity index (χ0v) is 17.9. The number of aromatic nitrogens is 2. The van der Waals surface area contributed by atoms with Crippen molar-refractivity contribution in [2.45, 2.75) is 26.4 Å². The minimum absolute atomic E-state index is 0.0758. The van der Waals surface area contributed by atoms with Gasteiger partial charge < -0.3 is 9.72 Å². The molecule has 6 nitrogen and oxygen atoms in total. The monoisotopic (exact) mass is 493 g/mol. The Kier molecular flexibility index (Phi) is 5.96. The van der Waals surface area contributed by atoms with E-state index in [0.717, 1.165) is 20.0 Å². The first-order valence-corrected chi connectivity index (χ1v) is 9.93. The fourth-order valence-electron chi connectivity index (χ4n) is 2.43. The minimum Gasteiger partial charge on any atom is -0.488 e. The van der Waals surface area contributed by atoms with Crippen molar-refractivity contribution in [3.8, 4) is 5.75 Å². The number of para-hydroxylation sites is 1. The lowest BCUT2D eigenvalue weighted by molar-refractivity contribution is 0.214. The number of halogens is 2. The Hall–Kier alpha value is -2.19. The predicted octanol–water partition coefficient (Wildman–Crippen LogP) is 4.27. The van der Waals surface area contributed by atoms with Gasteiger partial charge in [-0.1, -0.05) is 19.1 Å². The van der Waals surface area contributed by atoms with Gasteiger partial charge in [0.2, 0.25) is 0 Å². The van der Waals surface area contributed by atoms with Crippen LogP contribution in [0, 0.1) is 0 Å². The van der Waals surface area contributed by atoms with Crippen LogP contribution in [0.25, 0.3) is 10.9 Å². The maximum Gasteiger partial charge on any atom is 0.349 e. The van der Waals surface area contributed by atoms with Gasteiger partial charge in [0.15, 0.2) is 0 Å². The van der Waals surface area contributed by atoms with E-state index in [1.165, 1.54) is 6.21 Å². The number of ether oxygens (including phenoxy) is 1. The number of nitrogens with one attached hydrogen (secondary N) is 1. The molecule has 1 N–H and O–H groups in total. The second kappa shape index (κ2) is 8.22. The maximum atomic E-state index is 12.5. The zero-order valence-electron chi connectivity index (χ0n) is 14.7. The molecule has 140 valence electrons. The summed E-state index contributed by atoms with van der Waals surface area (Å²) in [6.45, 7) is 4.04. The molecule has 0 aliphatic carbocycles. The molecule has 2 aromatic carbocycles. The fraction of sp³-hybridized carbons (Fsp3) is 0.211. The lowest BCUT2D eigenvalue weighted by atomic mass is 10.2. The third-order valence-electron chi connectivity index (χ3n) is 4.02. The average Bonchev–Trinajstić information content (AvgIpc) is 2.64. The number of H-pyrrole nitrogens is 1. The molecular weight excluding hydrogens is 478 g/mol. The highest BCUT2D eigenvalue weighted by atomic mass is 79.9. The van der Waals surface area contributed by atoms with Crippen molar-refractivity contribution < 1.29 is 4.74 Å². The molecule has 0 fully saturated rings. The van der Waals surface area contributed by atoms with Crippen LogP contribution >= 0.6 is 31.9 Å². The summed E-state index contributed by atoms with van der Waals surface area (Å²) in [7, 11) is 0. The van der Waals surface area contributed by atoms with Gasteiger partial charge in [-0.2, -0.15) is 5.10 Å². The molecule has 8 heteroatoms. The Balaban J connectivity index is 1.99. The summed E-state index contributed by atoms with van der Waals surface area (Å²) in [4.78, 5) is 27.3. The molecular formula is C19H17Br2N3O3. The standard InChI is InChI=1S/C19H17Br2N3O3/c1-3-11(2)27-17-14(20)8-12(9-15(17)21)10-22-24-18(25)13-6-4-5-7-16(13)23-19(24)26/h4-11H,3H2,1-2H3,(H,23,26)/t11-/m0/s1. The number of hydrogen-bond donors (Lipinski definition) is 1. The Morgan fingerprint density at radius 3 is 2.56 bits per heavy atom. The number of rotatable bonds is 5. The third kappa shape index (κ3) is 4.22. The summed E-state index contributed by atoms with van der Waals surface area (Å²) in [6.07, 6.45) is 2.41. The van der Waals surface area contributed by atoms with Crippen molar-refractivity contribution in [2.24, 2.45) is 5.10 Å². The van der Waals surface area contributed by atoms with Gasteiger partial charge in [0.05, 0.1) is 32.2 Å². The normalized spacial score (nSPS) is 12.6. The second-order valence-corrected chi connectivity index (χ2v) is 7.70. The van der Waals surface area contributed by atoms with Gasteiger partial charge in [-0.05, 0) is 75.0 Å². The lowest BCUT2D eigenvalue weighted by Crippen LogP contribution is -2.32. The van der Waals surface area contributed by atoms with Gasteiger partial charge in [0, 0.05) is 0 Å². The first-order valence-electron chi connectivity index (χ1n) is 8.34. The van der Waals surface area contributed by atoms with E-state index in [2.05, 4.69) is 41.9 Å². The molecule has 1 aromatic heterocycles. The number of fused-ring (bicyclic) bond motifs is 1. The molecule has 0 saturated heterocycles. The zero-order chi connectivity index (χ0) is 19.6. The molecule has 0 aliphatic heterocycles. The molecule has 1 atom stereocenters. The van der Waals surface area contributed by atoms with Crippen LogP contribution in [0.2, 0.25) is 0 Å². The molecule has 3 aromatic rings. The quantitative estimate of drug-likeness (QED) is 0.538. The summed E-state index contributed by atoms with van der Waals surface area (Å²) in [5.41, 5.74) is 0.117. The Morgan fingerprint density at radius 1 is 1.22 bits per heavy atom. The van der Waals surface area contributed by atoms with Crippen molar-refractivity contribution in [1.82, 2.24) is 9.66 Å². The predicted molar refractivity (Wildman–Crippen MR) is 114 cm³/mol. The molecule has 0 bridgehead atoms. The van der Waals surface area contributed by atoms with Gasteiger partial charge in [-0.25, -0.2) is 4.79 Å². The van der Waals surface area contributed by atoms with E-state index in [4.69, 9.17) is 4.74 Å². The molecule has 0 aliphatic rings.